The molecule has 0 radical (unpaired) electrons. The molecular weight excluding hydrogens is 346 g/mol. The van der Waals surface area contributed by atoms with E-state index < -0.39 is 0 Å². The summed E-state index contributed by atoms with van der Waals surface area (Å²) in [5.41, 5.74) is 0.834. The molecule has 0 aliphatic rings. The Labute approximate surface area is 172 Å². The average molecular weight is 388 g/mol. The summed E-state index contributed by atoms with van der Waals surface area (Å²) in [7, 11) is 1.73. The molecule has 0 spiro atoms. The van der Waals surface area contributed by atoms with E-state index in [-0.39, 0.29) is 18.1 Å². The van der Waals surface area contributed by atoms with Crippen LogP contribution in [0.5, 0.6) is 0 Å². The lowest BCUT2D eigenvalue weighted by atomic mass is 10.0. The Bertz CT molecular complexity index is 527. The molecule has 28 heavy (non-hydrogen) atoms. The first-order chi connectivity index (χ1) is 13.6. The highest BCUT2D eigenvalue weighted by molar-refractivity contribution is 6.05. The SMILES string of the molecule is CCCCCCCCCCCCCCCC(=O)CC(=O)N(C)c1ccccc1. The number of rotatable bonds is 17. The Balaban J connectivity index is 1.94. The second-order valence-electron chi connectivity index (χ2n) is 8.00. The molecule has 0 saturated heterocycles. The number of carbonyl (C=O) groups excluding carboxylic acids is 2. The molecule has 0 aromatic heterocycles. The number of para-hydroxylation sites is 1. The number of unbranched alkanes of at least 4 members (excludes halogenated alkanes) is 12. The summed E-state index contributed by atoms with van der Waals surface area (Å²) in [5.74, 6) is -0.0539. The van der Waals surface area contributed by atoms with Gasteiger partial charge in [-0.1, -0.05) is 102 Å². The van der Waals surface area contributed by atoms with Gasteiger partial charge in [0.05, 0.1) is 6.42 Å². The Morgan fingerprint density at radius 3 is 1.68 bits per heavy atom. The van der Waals surface area contributed by atoms with Crippen LogP contribution >= 0.6 is 0 Å². The molecule has 3 nitrogen and oxygen atoms in total. The minimum absolute atomic E-state index is 0.0175. The standard InChI is InChI=1S/C25H41NO2/c1-3-4-5-6-7-8-9-10-11-12-13-14-18-21-24(27)22-25(28)26(2)23-19-16-15-17-20-23/h15-17,19-20H,3-14,18,21-22H2,1-2H3. The molecule has 158 valence electrons. The zero-order valence-electron chi connectivity index (χ0n) is 18.3. The number of Topliss-reactive ketones (excluding diaryl/α,β-unsaturated/α-hetero) is 1. The van der Waals surface area contributed by atoms with Gasteiger partial charge in [0.2, 0.25) is 5.91 Å². The first-order valence-corrected chi connectivity index (χ1v) is 11.5. The third kappa shape index (κ3) is 11.9. The van der Waals surface area contributed by atoms with Gasteiger partial charge in [-0.15, -0.1) is 0 Å². The number of amides is 1. The van der Waals surface area contributed by atoms with Crippen LogP contribution in [0.15, 0.2) is 30.3 Å². The molecule has 1 aromatic rings. The Morgan fingerprint density at radius 1 is 0.714 bits per heavy atom. The lowest BCUT2D eigenvalue weighted by Gasteiger charge is -2.16. The normalized spacial score (nSPS) is 10.8. The zero-order valence-corrected chi connectivity index (χ0v) is 18.3. The summed E-state index contributed by atoms with van der Waals surface area (Å²) in [6, 6.07) is 9.48. The fraction of sp³-hybridized carbons (Fsp3) is 0.680. The first kappa shape index (κ1) is 24.4. The molecule has 0 fully saturated rings. The van der Waals surface area contributed by atoms with E-state index in [4.69, 9.17) is 0 Å². The number of nitrogens with zero attached hydrogens (tertiary/aromatic N) is 1. The molecule has 0 bridgehead atoms. The summed E-state index contributed by atoms with van der Waals surface area (Å²) >= 11 is 0. The molecule has 0 unspecified atom stereocenters. The molecular formula is C25H41NO2. The molecule has 1 amide bonds. The van der Waals surface area contributed by atoms with Crippen LogP contribution in [0.1, 0.15) is 103 Å². The van der Waals surface area contributed by atoms with Gasteiger partial charge in [-0.05, 0) is 18.6 Å². The first-order valence-electron chi connectivity index (χ1n) is 11.5. The van der Waals surface area contributed by atoms with Crippen molar-refractivity contribution in [3.63, 3.8) is 0 Å². The lowest BCUT2D eigenvalue weighted by molar-refractivity contribution is -0.126. The van der Waals surface area contributed by atoms with E-state index in [0.717, 1.165) is 18.5 Å². The van der Waals surface area contributed by atoms with Gasteiger partial charge in [0.15, 0.2) is 0 Å². The average Bonchev–Trinajstić information content (AvgIpc) is 2.71. The molecule has 0 N–H and O–H groups in total. The van der Waals surface area contributed by atoms with E-state index in [1.165, 1.54) is 70.6 Å². The van der Waals surface area contributed by atoms with Crippen molar-refractivity contribution in [3.8, 4) is 0 Å². The predicted molar refractivity (Wildman–Crippen MR) is 120 cm³/mol. The topological polar surface area (TPSA) is 37.4 Å². The van der Waals surface area contributed by atoms with Gasteiger partial charge in [-0.2, -0.15) is 0 Å². The monoisotopic (exact) mass is 387 g/mol. The van der Waals surface area contributed by atoms with Gasteiger partial charge in [0.25, 0.3) is 0 Å². The lowest BCUT2D eigenvalue weighted by Crippen LogP contribution is -2.28. The minimum Gasteiger partial charge on any atom is -0.315 e. The zero-order chi connectivity index (χ0) is 20.5. The Morgan fingerprint density at radius 2 is 1.18 bits per heavy atom. The van der Waals surface area contributed by atoms with Crippen molar-refractivity contribution in [1.29, 1.82) is 0 Å². The molecule has 0 aliphatic carbocycles. The van der Waals surface area contributed by atoms with Crippen LogP contribution in [0.2, 0.25) is 0 Å². The molecule has 0 heterocycles. The van der Waals surface area contributed by atoms with Crippen LogP contribution in [0, 0.1) is 0 Å². The van der Waals surface area contributed by atoms with Gasteiger partial charge in [-0.25, -0.2) is 0 Å². The maximum absolute atomic E-state index is 12.2. The number of benzene rings is 1. The molecule has 0 aliphatic heterocycles. The largest absolute Gasteiger partial charge is 0.315 e. The van der Waals surface area contributed by atoms with Gasteiger partial charge in [0, 0.05) is 19.2 Å². The predicted octanol–water partition coefficient (Wildman–Crippen LogP) is 7.09. The van der Waals surface area contributed by atoms with E-state index in [0.29, 0.717) is 6.42 Å². The summed E-state index contributed by atoms with van der Waals surface area (Å²) in [5, 5.41) is 0. The fourth-order valence-electron chi connectivity index (χ4n) is 3.51. The second kappa shape index (κ2) is 16.3. The van der Waals surface area contributed by atoms with Crippen molar-refractivity contribution in [3.05, 3.63) is 30.3 Å². The van der Waals surface area contributed by atoms with Gasteiger partial charge < -0.3 is 4.90 Å². The van der Waals surface area contributed by atoms with Crippen molar-refractivity contribution in [1.82, 2.24) is 0 Å². The number of hydrogen-bond donors (Lipinski definition) is 0. The molecule has 1 rings (SSSR count). The van der Waals surface area contributed by atoms with Crippen LogP contribution in [-0.2, 0) is 9.59 Å². The van der Waals surface area contributed by atoms with Crippen LogP contribution in [0.3, 0.4) is 0 Å². The van der Waals surface area contributed by atoms with Crippen LogP contribution in [-0.4, -0.2) is 18.7 Å². The smallest absolute Gasteiger partial charge is 0.234 e. The van der Waals surface area contributed by atoms with Crippen LogP contribution in [0.25, 0.3) is 0 Å². The van der Waals surface area contributed by atoms with E-state index in [2.05, 4.69) is 6.92 Å². The fourth-order valence-corrected chi connectivity index (χ4v) is 3.51. The Kier molecular flexibility index (Phi) is 14.2. The van der Waals surface area contributed by atoms with E-state index >= 15 is 0 Å². The van der Waals surface area contributed by atoms with Gasteiger partial charge in [0.1, 0.15) is 5.78 Å². The molecule has 0 saturated carbocycles. The number of ketones is 1. The van der Waals surface area contributed by atoms with E-state index in [9.17, 15) is 9.59 Å². The summed E-state index contributed by atoms with van der Waals surface area (Å²) in [6.45, 7) is 2.26. The highest BCUT2D eigenvalue weighted by atomic mass is 16.2. The third-order valence-electron chi connectivity index (χ3n) is 5.43. The van der Waals surface area contributed by atoms with Crippen molar-refractivity contribution in [2.45, 2.75) is 103 Å². The summed E-state index contributed by atoms with van der Waals surface area (Å²) in [4.78, 5) is 25.8. The number of anilines is 1. The second-order valence-corrected chi connectivity index (χ2v) is 8.00. The maximum atomic E-state index is 12.2. The van der Waals surface area contributed by atoms with Crippen molar-refractivity contribution >= 4 is 17.4 Å². The van der Waals surface area contributed by atoms with Gasteiger partial charge >= 0.3 is 0 Å². The molecule has 0 atom stereocenters. The maximum Gasteiger partial charge on any atom is 0.234 e. The molecule has 1 aromatic carbocycles. The highest BCUT2D eigenvalue weighted by Crippen LogP contribution is 2.15. The third-order valence-corrected chi connectivity index (χ3v) is 5.43. The Hall–Kier alpha value is -1.64. The van der Waals surface area contributed by atoms with Crippen LogP contribution < -0.4 is 4.90 Å². The van der Waals surface area contributed by atoms with Crippen molar-refractivity contribution in [2.75, 3.05) is 11.9 Å². The summed E-state index contributed by atoms with van der Waals surface area (Å²) in [6.07, 6.45) is 17.4. The van der Waals surface area contributed by atoms with Crippen molar-refractivity contribution in [2.24, 2.45) is 0 Å². The van der Waals surface area contributed by atoms with Crippen molar-refractivity contribution < 1.29 is 9.59 Å². The summed E-state index contributed by atoms with van der Waals surface area (Å²) < 4.78 is 0. The highest BCUT2D eigenvalue weighted by Gasteiger charge is 2.14. The van der Waals surface area contributed by atoms with E-state index in [1.807, 2.05) is 30.3 Å². The minimum atomic E-state index is -0.120. The number of hydrogen-bond acceptors (Lipinski definition) is 2. The molecule has 3 heteroatoms. The quantitative estimate of drug-likeness (QED) is 0.211. The number of carbonyl (C=O) groups is 2. The van der Waals surface area contributed by atoms with Gasteiger partial charge in [-0.3, -0.25) is 9.59 Å². The van der Waals surface area contributed by atoms with E-state index in [1.54, 1.807) is 11.9 Å². The van der Waals surface area contributed by atoms with Crippen LogP contribution in [0.4, 0.5) is 5.69 Å².